The smallest absolute Gasteiger partial charge is 0.334 e. The molecule has 0 bridgehead atoms. The molecule has 3 aliphatic heterocycles. The highest BCUT2D eigenvalue weighted by atomic mass is 16.6. The molecule has 3 aliphatic rings. The largest absolute Gasteiger partial charge is 0.455 e. The quantitative estimate of drug-likeness (QED) is 0.0703. The summed E-state index contributed by atoms with van der Waals surface area (Å²) >= 11 is 0. The van der Waals surface area contributed by atoms with Gasteiger partial charge in [0.1, 0.15) is 6.10 Å². The third kappa shape index (κ3) is 14.2. The van der Waals surface area contributed by atoms with Crippen LogP contribution in [0, 0.1) is 0 Å². The topological polar surface area (TPSA) is 105 Å². The molecule has 8 atom stereocenters. The highest BCUT2D eigenvalue weighted by Crippen LogP contribution is 2.34. The Morgan fingerprint density at radius 3 is 1.52 bits per heavy atom. The molecule has 7 heteroatoms. The Hall–Kier alpha value is -0.990. The van der Waals surface area contributed by atoms with Crippen molar-refractivity contribution in [3.8, 4) is 0 Å². The molecule has 0 radical (unpaired) electrons. The van der Waals surface area contributed by atoms with Crippen LogP contribution in [0.1, 0.15) is 168 Å². The molecule has 3 N–H and O–H groups in total. The van der Waals surface area contributed by atoms with Crippen molar-refractivity contribution < 1.29 is 34.3 Å². The lowest BCUT2D eigenvalue weighted by Gasteiger charge is -2.24. The number of unbranched alkanes of at least 4 members (excludes halogenated alkanes) is 14. The summed E-state index contributed by atoms with van der Waals surface area (Å²) in [6, 6.07) is 0. The minimum atomic E-state index is -0.463. The lowest BCUT2D eigenvalue weighted by Crippen LogP contribution is -2.33. The second-order valence-corrected chi connectivity index (χ2v) is 14.0. The summed E-state index contributed by atoms with van der Waals surface area (Å²) in [5.74, 6) is -0.281. The number of aliphatic hydroxyl groups is 3. The summed E-state index contributed by atoms with van der Waals surface area (Å²) in [4.78, 5) is 11.7. The van der Waals surface area contributed by atoms with Crippen molar-refractivity contribution in [3.63, 3.8) is 0 Å². The maximum Gasteiger partial charge on any atom is 0.334 e. The zero-order chi connectivity index (χ0) is 31.6. The molecular formula is C37H66O7. The summed E-state index contributed by atoms with van der Waals surface area (Å²) in [6.45, 7) is 4.09. The van der Waals surface area contributed by atoms with Crippen LogP contribution in [0.15, 0.2) is 11.6 Å². The Bertz CT molecular complexity index is 801. The molecule has 0 aliphatic carbocycles. The normalized spacial score (nSPS) is 27.4. The van der Waals surface area contributed by atoms with Crippen LogP contribution < -0.4 is 0 Å². The molecule has 2 fully saturated rings. The molecule has 3 heterocycles. The summed E-state index contributed by atoms with van der Waals surface area (Å²) in [5.41, 5.74) is 0.617. The van der Waals surface area contributed by atoms with Crippen LogP contribution in [-0.4, -0.2) is 70.1 Å². The fourth-order valence-corrected chi connectivity index (χ4v) is 7.28. The van der Waals surface area contributed by atoms with Crippen molar-refractivity contribution in [2.75, 3.05) is 0 Å². The zero-order valence-corrected chi connectivity index (χ0v) is 28.1. The molecule has 0 saturated carbocycles. The van der Waals surface area contributed by atoms with E-state index in [1.54, 1.807) is 0 Å². The third-order valence-electron chi connectivity index (χ3n) is 10.0. The molecule has 0 aromatic heterocycles. The van der Waals surface area contributed by atoms with Gasteiger partial charge in [0, 0.05) is 12.0 Å². The van der Waals surface area contributed by atoms with Crippen molar-refractivity contribution >= 4 is 5.97 Å². The van der Waals surface area contributed by atoms with Gasteiger partial charge in [0.2, 0.25) is 0 Å². The average Bonchev–Trinajstić information content (AvgIpc) is 3.75. The maximum atomic E-state index is 11.7. The van der Waals surface area contributed by atoms with E-state index in [4.69, 9.17) is 14.2 Å². The second kappa shape index (κ2) is 21.7. The average molecular weight is 623 g/mol. The molecule has 0 aromatic rings. The molecule has 3 rings (SSSR count). The molecule has 0 amide bonds. The maximum absolute atomic E-state index is 11.7. The predicted molar refractivity (Wildman–Crippen MR) is 175 cm³/mol. The Morgan fingerprint density at radius 1 is 0.659 bits per heavy atom. The van der Waals surface area contributed by atoms with Crippen LogP contribution in [0.3, 0.4) is 0 Å². The fraction of sp³-hybridized carbons (Fsp3) is 0.919. The van der Waals surface area contributed by atoms with Gasteiger partial charge in [-0.2, -0.15) is 0 Å². The molecule has 44 heavy (non-hydrogen) atoms. The van der Waals surface area contributed by atoms with Gasteiger partial charge < -0.3 is 29.5 Å². The van der Waals surface area contributed by atoms with Gasteiger partial charge in [0.05, 0.1) is 42.7 Å². The molecule has 0 unspecified atom stereocenters. The van der Waals surface area contributed by atoms with E-state index in [0.717, 1.165) is 77.0 Å². The van der Waals surface area contributed by atoms with Gasteiger partial charge in [-0.3, -0.25) is 0 Å². The van der Waals surface area contributed by atoms with E-state index in [0.29, 0.717) is 12.0 Å². The van der Waals surface area contributed by atoms with Crippen LogP contribution in [0.25, 0.3) is 0 Å². The molecule has 0 aromatic carbocycles. The lowest BCUT2D eigenvalue weighted by atomic mass is 10.00. The van der Waals surface area contributed by atoms with Crippen molar-refractivity contribution in [2.24, 2.45) is 0 Å². The number of hydrogen-bond acceptors (Lipinski definition) is 7. The molecule has 0 spiro atoms. The fourth-order valence-electron chi connectivity index (χ4n) is 7.28. The van der Waals surface area contributed by atoms with Crippen LogP contribution in [0.5, 0.6) is 0 Å². The molecule has 2 saturated heterocycles. The number of rotatable bonds is 25. The van der Waals surface area contributed by atoms with Crippen LogP contribution in [0.2, 0.25) is 0 Å². The van der Waals surface area contributed by atoms with Gasteiger partial charge in [0.25, 0.3) is 0 Å². The van der Waals surface area contributed by atoms with E-state index in [-0.39, 0.29) is 42.6 Å². The lowest BCUT2D eigenvalue weighted by molar-refractivity contribution is -0.139. The highest BCUT2D eigenvalue weighted by Gasteiger charge is 2.40. The Morgan fingerprint density at radius 2 is 1.09 bits per heavy atom. The van der Waals surface area contributed by atoms with Crippen molar-refractivity contribution in [1.29, 1.82) is 0 Å². The molecular weight excluding hydrogens is 556 g/mol. The first kappa shape index (κ1) is 37.5. The standard InChI is InChI=1S/C37H66O7/c1-3-4-5-6-7-11-14-17-20-31(39)33-22-24-35(43-33)36-25-23-34(44-36)32(40)21-18-15-12-9-8-10-13-16-19-30(38)27-29-26-28(2)42-37(29)41/h26,28,30-36,38-40H,3-25,27H2,1-2H3/t28-,30-,31+,32-,33+,34-,35-,36+/m1/s1. The van der Waals surface area contributed by atoms with Crippen LogP contribution >= 0.6 is 0 Å². The van der Waals surface area contributed by atoms with E-state index >= 15 is 0 Å². The Labute approximate surface area is 268 Å². The first-order valence-electron chi connectivity index (χ1n) is 18.6. The number of hydrogen-bond donors (Lipinski definition) is 3. The van der Waals surface area contributed by atoms with Gasteiger partial charge in [-0.05, 0) is 57.9 Å². The van der Waals surface area contributed by atoms with E-state index < -0.39 is 12.2 Å². The Kier molecular flexibility index (Phi) is 18.5. The van der Waals surface area contributed by atoms with Gasteiger partial charge in [-0.25, -0.2) is 4.79 Å². The third-order valence-corrected chi connectivity index (χ3v) is 10.0. The van der Waals surface area contributed by atoms with E-state index in [9.17, 15) is 20.1 Å². The second-order valence-electron chi connectivity index (χ2n) is 14.0. The van der Waals surface area contributed by atoms with E-state index in [1.807, 2.05) is 13.0 Å². The SMILES string of the molecule is CCCCCCCCCC[C@H](O)[C@@H]1CC[C@H]([C@@H]2CC[C@H]([C@H](O)CCCCCCCCCC[C@@H](O)CC3=C[C@@H](C)OC3=O)O2)O1. The number of cyclic esters (lactones) is 1. The minimum Gasteiger partial charge on any atom is -0.455 e. The summed E-state index contributed by atoms with van der Waals surface area (Å²) in [7, 11) is 0. The number of ether oxygens (including phenoxy) is 3. The number of aliphatic hydroxyl groups excluding tert-OH is 3. The summed E-state index contributed by atoms with van der Waals surface area (Å²) in [5, 5.41) is 31.6. The number of esters is 1. The zero-order valence-electron chi connectivity index (χ0n) is 28.1. The summed E-state index contributed by atoms with van der Waals surface area (Å²) in [6.07, 6.45) is 26.1. The Balaban J connectivity index is 1.13. The number of carbonyl (C=O) groups is 1. The van der Waals surface area contributed by atoms with Crippen LogP contribution in [0.4, 0.5) is 0 Å². The summed E-state index contributed by atoms with van der Waals surface area (Å²) < 4.78 is 17.7. The first-order valence-corrected chi connectivity index (χ1v) is 18.6. The van der Waals surface area contributed by atoms with Crippen LogP contribution in [-0.2, 0) is 19.0 Å². The first-order chi connectivity index (χ1) is 21.4. The van der Waals surface area contributed by atoms with Gasteiger partial charge in [-0.1, -0.05) is 110 Å². The van der Waals surface area contributed by atoms with Crippen molar-refractivity contribution in [3.05, 3.63) is 11.6 Å². The van der Waals surface area contributed by atoms with Crippen molar-refractivity contribution in [2.45, 2.75) is 217 Å². The molecule has 256 valence electrons. The molecule has 7 nitrogen and oxygen atoms in total. The van der Waals surface area contributed by atoms with E-state index in [2.05, 4.69) is 6.92 Å². The minimum absolute atomic E-state index is 0.0519. The van der Waals surface area contributed by atoms with E-state index in [1.165, 1.54) is 70.6 Å². The van der Waals surface area contributed by atoms with Gasteiger partial charge in [-0.15, -0.1) is 0 Å². The monoisotopic (exact) mass is 622 g/mol. The number of carbonyl (C=O) groups excluding carboxylic acids is 1. The predicted octanol–water partition coefficient (Wildman–Crippen LogP) is 7.86. The highest BCUT2D eigenvalue weighted by molar-refractivity contribution is 5.90. The van der Waals surface area contributed by atoms with Gasteiger partial charge >= 0.3 is 5.97 Å². The van der Waals surface area contributed by atoms with Gasteiger partial charge in [0.15, 0.2) is 0 Å². The van der Waals surface area contributed by atoms with Crippen molar-refractivity contribution in [1.82, 2.24) is 0 Å².